The molecule has 0 atom stereocenters. The summed E-state index contributed by atoms with van der Waals surface area (Å²) in [5.74, 6) is -1.00. The van der Waals surface area contributed by atoms with E-state index in [1.165, 1.54) is 30.5 Å². The maximum Gasteiger partial charge on any atom is 0.275 e. The normalized spacial score (nSPS) is 10.0. The Bertz CT molecular complexity index is 545. The second-order valence-electron chi connectivity index (χ2n) is 3.16. The largest absolute Gasteiger partial charge is 0.305 e. The molecule has 2 rings (SSSR count). The number of halogens is 2. The Labute approximate surface area is 101 Å². The number of rotatable bonds is 2. The van der Waals surface area contributed by atoms with E-state index in [1.54, 1.807) is 6.07 Å². The molecule has 0 aliphatic carbocycles. The van der Waals surface area contributed by atoms with Crippen LogP contribution in [0.3, 0.4) is 0 Å². The molecule has 0 saturated heterocycles. The smallest absolute Gasteiger partial charge is 0.275 e. The van der Waals surface area contributed by atoms with Gasteiger partial charge >= 0.3 is 0 Å². The van der Waals surface area contributed by atoms with Gasteiger partial charge in [0.2, 0.25) is 5.95 Å². The van der Waals surface area contributed by atoms with E-state index in [9.17, 15) is 9.18 Å². The van der Waals surface area contributed by atoms with Crippen LogP contribution in [0.2, 0.25) is 5.02 Å². The lowest BCUT2D eigenvalue weighted by Gasteiger charge is -2.03. The molecule has 0 spiro atoms. The van der Waals surface area contributed by atoms with Gasteiger partial charge in [-0.1, -0.05) is 17.7 Å². The first kappa shape index (κ1) is 11.5. The zero-order chi connectivity index (χ0) is 12.3. The van der Waals surface area contributed by atoms with Crippen molar-refractivity contribution in [2.24, 2.45) is 0 Å². The van der Waals surface area contributed by atoms with Gasteiger partial charge in [0.1, 0.15) is 11.5 Å². The standard InChI is InChI=1S/C11H7ClFN3O/c12-7-4-5-8(14-6-7)11(17)16-10-3-1-2-9(13)15-10/h1-6H,(H,15,16,17). The van der Waals surface area contributed by atoms with Crippen LogP contribution < -0.4 is 5.32 Å². The van der Waals surface area contributed by atoms with Gasteiger partial charge in [0, 0.05) is 6.20 Å². The molecule has 86 valence electrons. The lowest BCUT2D eigenvalue weighted by Crippen LogP contribution is -2.14. The van der Waals surface area contributed by atoms with Crippen molar-refractivity contribution in [2.45, 2.75) is 0 Å². The molecule has 1 amide bonds. The number of carbonyl (C=O) groups is 1. The van der Waals surface area contributed by atoms with Crippen molar-refractivity contribution >= 4 is 23.3 Å². The maximum absolute atomic E-state index is 12.8. The average molecular weight is 252 g/mol. The summed E-state index contributed by atoms with van der Waals surface area (Å²) in [6.07, 6.45) is 1.36. The van der Waals surface area contributed by atoms with Gasteiger partial charge in [-0.25, -0.2) is 9.97 Å². The van der Waals surface area contributed by atoms with Crippen molar-refractivity contribution in [3.63, 3.8) is 0 Å². The van der Waals surface area contributed by atoms with Crippen LogP contribution in [0.5, 0.6) is 0 Å². The summed E-state index contributed by atoms with van der Waals surface area (Å²) in [5.41, 5.74) is 0.181. The molecule has 2 heterocycles. The number of aromatic nitrogens is 2. The van der Waals surface area contributed by atoms with Gasteiger partial charge in [0.05, 0.1) is 5.02 Å². The fourth-order valence-electron chi connectivity index (χ4n) is 1.17. The highest BCUT2D eigenvalue weighted by Crippen LogP contribution is 2.09. The molecule has 0 fully saturated rings. The number of nitrogens with zero attached hydrogens (tertiary/aromatic N) is 2. The van der Waals surface area contributed by atoms with Crippen LogP contribution in [0.15, 0.2) is 36.5 Å². The molecular formula is C11H7ClFN3O. The highest BCUT2D eigenvalue weighted by Gasteiger charge is 2.08. The minimum Gasteiger partial charge on any atom is -0.305 e. The Morgan fingerprint density at radius 3 is 2.76 bits per heavy atom. The fraction of sp³-hybridized carbons (Fsp3) is 0. The lowest BCUT2D eigenvalue weighted by atomic mass is 10.3. The van der Waals surface area contributed by atoms with Gasteiger partial charge in [-0.2, -0.15) is 4.39 Å². The van der Waals surface area contributed by atoms with E-state index >= 15 is 0 Å². The Hall–Kier alpha value is -2.01. The molecule has 0 radical (unpaired) electrons. The highest BCUT2D eigenvalue weighted by atomic mass is 35.5. The van der Waals surface area contributed by atoms with Crippen LogP contribution in [0, 0.1) is 5.95 Å². The molecule has 0 aliphatic rings. The van der Waals surface area contributed by atoms with Crippen molar-refractivity contribution < 1.29 is 9.18 Å². The first-order valence-corrected chi connectivity index (χ1v) is 5.08. The number of nitrogens with one attached hydrogen (secondary N) is 1. The topological polar surface area (TPSA) is 54.9 Å². The minimum atomic E-state index is -0.660. The summed E-state index contributed by atoms with van der Waals surface area (Å²) in [7, 11) is 0. The van der Waals surface area contributed by atoms with Crippen LogP contribution in [0.25, 0.3) is 0 Å². The summed E-state index contributed by atoms with van der Waals surface area (Å²) in [5, 5.41) is 2.86. The van der Waals surface area contributed by atoms with E-state index in [0.29, 0.717) is 5.02 Å². The first-order valence-electron chi connectivity index (χ1n) is 4.70. The molecule has 2 aromatic rings. The highest BCUT2D eigenvalue weighted by molar-refractivity contribution is 6.30. The zero-order valence-corrected chi connectivity index (χ0v) is 9.28. The third kappa shape index (κ3) is 2.98. The Morgan fingerprint density at radius 2 is 2.12 bits per heavy atom. The molecule has 0 aromatic carbocycles. The van der Waals surface area contributed by atoms with E-state index in [-0.39, 0.29) is 11.5 Å². The van der Waals surface area contributed by atoms with Gasteiger partial charge in [-0.05, 0) is 24.3 Å². The number of pyridine rings is 2. The van der Waals surface area contributed by atoms with Gasteiger partial charge in [0.15, 0.2) is 0 Å². The number of anilines is 1. The van der Waals surface area contributed by atoms with E-state index in [0.717, 1.165) is 0 Å². The minimum absolute atomic E-state index is 0.131. The fourth-order valence-corrected chi connectivity index (χ4v) is 1.28. The number of hydrogen-bond donors (Lipinski definition) is 1. The Balaban J connectivity index is 2.14. The van der Waals surface area contributed by atoms with Crippen molar-refractivity contribution in [1.29, 1.82) is 0 Å². The first-order chi connectivity index (χ1) is 8.15. The van der Waals surface area contributed by atoms with Crippen LogP contribution in [-0.4, -0.2) is 15.9 Å². The van der Waals surface area contributed by atoms with Crippen LogP contribution in [0.4, 0.5) is 10.2 Å². The number of hydrogen-bond acceptors (Lipinski definition) is 3. The van der Waals surface area contributed by atoms with Crippen LogP contribution in [0.1, 0.15) is 10.5 Å². The second kappa shape index (κ2) is 4.88. The molecule has 0 bridgehead atoms. The van der Waals surface area contributed by atoms with Gasteiger partial charge in [-0.3, -0.25) is 4.79 Å². The van der Waals surface area contributed by atoms with E-state index in [2.05, 4.69) is 15.3 Å². The quantitative estimate of drug-likeness (QED) is 0.835. The molecule has 1 N–H and O–H groups in total. The molecule has 0 aliphatic heterocycles. The van der Waals surface area contributed by atoms with Crippen LogP contribution >= 0.6 is 11.6 Å². The molecule has 0 saturated carbocycles. The van der Waals surface area contributed by atoms with Crippen molar-refractivity contribution in [1.82, 2.24) is 9.97 Å². The molecule has 4 nitrogen and oxygen atoms in total. The predicted molar refractivity (Wildman–Crippen MR) is 61.4 cm³/mol. The summed E-state index contributed by atoms with van der Waals surface area (Å²) in [4.78, 5) is 19.0. The number of carbonyl (C=O) groups excluding carboxylic acids is 1. The summed E-state index contributed by atoms with van der Waals surface area (Å²) >= 11 is 5.64. The lowest BCUT2D eigenvalue weighted by molar-refractivity contribution is 0.102. The molecule has 6 heteroatoms. The second-order valence-corrected chi connectivity index (χ2v) is 3.60. The van der Waals surface area contributed by atoms with Crippen molar-refractivity contribution in [3.05, 3.63) is 53.2 Å². The summed E-state index contributed by atoms with van der Waals surface area (Å²) in [6.45, 7) is 0. The van der Waals surface area contributed by atoms with Crippen molar-refractivity contribution in [2.75, 3.05) is 5.32 Å². The van der Waals surface area contributed by atoms with E-state index in [4.69, 9.17) is 11.6 Å². The summed E-state index contributed by atoms with van der Waals surface area (Å²) < 4.78 is 12.8. The third-order valence-electron chi connectivity index (χ3n) is 1.92. The maximum atomic E-state index is 12.8. The van der Waals surface area contributed by atoms with Gasteiger partial charge in [-0.15, -0.1) is 0 Å². The molecule has 2 aromatic heterocycles. The average Bonchev–Trinajstić information content (AvgIpc) is 2.29. The molecular weight excluding hydrogens is 245 g/mol. The summed E-state index contributed by atoms with van der Waals surface area (Å²) in [6, 6.07) is 7.14. The molecule has 17 heavy (non-hydrogen) atoms. The monoisotopic (exact) mass is 251 g/mol. The number of amides is 1. The SMILES string of the molecule is O=C(Nc1cccc(F)n1)c1ccc(Cl)cn1. The predicted octanol–water partition coefficient (Wildman–Crippen LogP) is 2.52. The van der Waals surface area contributed by atoms with Crippen molar-refractivity contribution in [3.8, 4) is 0 Å². The van der Waals surface area contributed by atoms with Gasteiger partial charge in [0.25, 0.3) is 5.91 Å². The van der Waals surface area contributed by atoms with E-state index < -0.39 is 11.9 Å². The van der Waals surface area contributed by atoms with E-state index in [1.807, 2.05) is 0 Å². The van der Waals surface area contributed by atoms with Crippen LogP contribution in [-0.2, 0) is 0 Å². The third-order valence-corrected chi connectivity index (χ3v) is 2.14. The Kier molecular flexibility index (Phi) is 3.30. The van der Waals surface area contributed by atoms with Gasteiger partial charge < -0.3 is 5.32 Å². The Morgan fingerprint density at radius 1 is 1.29 bits per heavy atom. The molecule has 0 unspecified atom stereocenters. The zero-order valence-electron chi connectivity index (χ0n) is 8.52.